The molecule has 0 bridgehead atoms. The number of nitrogens with zero attached hydrogens (tertiary/aromatic N) is 5. The number of hydrogen-bond donors (Lipinski definition) is 0. The first kappa shape index (κ1) is 23.8. The van der Waals surface area contributed by atoms with Gasteiger partial charge in [-0.25, -0.2) is 4.57 Å². The molecule has 0 saturated carbocycles. The second kappa shape index (κ2) is 9.62. The minimum absolute atomic E-state index is 0.00706. The Morgan fingerprint density at radius 3 is 2.31 bits per heavy atom. The van der Waals surface area contributed by atoms with Crippen LogP contribution >= 0.6 is 11.8 Å². The minimum Gasteiger partial charge on any atom is -0.341 e. The third-order valence-electron chi connectivity index (χ3n) is 6.48. The van der Waals surface area contributed by atoms with E-state index in [1.54, 1.807) is 9.47 Å². The van der Waals surface area contributed by atoms with Crippen LogP contribution in [-0.4, -0.2) is 42.8 Å². The molecule has 0 aliphatic heterocycles. The Morgan fingerprint density at radius 2 is 1.56 bits per heavy atom. The fourth-order valence-corrected chi connectivity index (χ4v) is 5.38. The third kappa shape index (κ3) is 4.18. The smallest absolute Gasteiger partial charge is 0.267 e. The fourth-order valence-electron chi connectivity index (χ4n) is 4.50. The highest BCUT2D eigenvalue weighted by atomic mass is 32.2. The molecule has 182 valence electrons. The molecule has 8 heteroatoms. The van der Waals surface area contributed by atoms with Crippen LogP contribution in [0, 0.1) is 20.8 Å². The number of thioether (sulfide) groups is 1. The highest BCUT2D eigenvalue weighted by Crippen LogP contribution is 2.26. The summed E-state index contributed by atoms with van der Waals surface area (Å²) in [5.74, 6) is 0.631. The number of para-hydroxylation sites is 2. The average molecular weight is 498 g/mol. The first-order valence-corrected chi connectivity index (χ1v) is 12.7. The van der Waals surface area contributed by atoms with E-state index in [9.17, 15) is 9.59 Å². The number of carbonyl (C=O) groups excluding carboxylic acids is 1. The Labute approximate surface area is 213 Å². The van der Waals surface area contributed by atoms with Gasteiger partial charge in [0.05, 0.1) is 22.3 Å². The number of aryl methyl sites for hydroxylation is 3. The van der Waals surface area contributed by atoms with Crippen molar-refractivity contribution in [1.29, 1.82) is 0 Å². The first-order chi connectivity index (χ1) is 17.4. The second-order valence-electron chi connectivity index (χ2n) is 8.98. The zero-order chi connectivity index (χ0) is 25.4. The molecular formula is C28H27N5O2S. The zero-order valence-corrected chi connectivity index (χ0v) is 21.5. The lowest BCUT2D eigenvalue weighted by molar-refractivity contribution is -0.127. The normalized spacial score (nSPS) is 11.3. The predicted octanol–water partition coefficient (Wildman–Crippen LogP) is 4.71. The van der Waals surface area contributed by atoms with E-state index in [0.717, 1.165) is 27.9 Å². The number of rotatable bonds is 6. The van der Waals surface area contributed by atoms with Crippen molar-refractivity contribution in [3.63, 3.8) is 0 Å². The molecular weight excluding hydrogens is 470 g/mol. The Balaban J connectivity index is 1.54. The number of aromatic nitrogens is 4. The lowest BCUT2D eigenvalue weighted by Gasteiger charge is -2.18. The largest absolute Gasteiger partial charge is 0.341 e. The predicted molar refractivity (Wildman–Crippen MR) is 144 cm³/mol. The zero-order valence-electron chi connectivity index (χ0n) is 20.7. The quantitative estimate of drug-likeness (QED) is 0.318. The van der Waals surface area contributed by atoms with Crippen molar-refractivity contribution < 1.29 is 4.79 Å². The Kier molecular flexibility index (Phi) is 6.36. The third-order valence-corrected chi connectivity index (χ3v) is 7.39. The highest BCUT2D eigenvalue weighted by molar-refractivity contribution is 7.99. The van der Waals surface area contributed by atoms with Crippen LogP contribution < -0.4 is 5.56 Å². The molecule has 2 heterocycles. The van der Waals surface area contributed by atoms with Crippen molar-refractivity contribution in [3.05, 3.63) is 99.3 Å². The van der Waals surface area contributed by atoms with Gasteiger partial charge in [0.2, 0.25) is 11.7 Å². The molecule has 0 fully saturated rings. The van der Waals surface area contributed by atoms with Crippen LogP contribution in [-0.2, 0) is 11.3 Å². The van der Waals surface area contributed by atoms with Crippen molar-refractivity contribution in [2.75, 3.05) is 12.8 Å². The van der Waals surface area contributed by atoms with Crippen molar-refractivity contribution in [2.24, 2.45) is 0 Å². The summed E-state index contributed by atoms with van der Waals surface area (Å²) in [5.41, 5.74) is 5.59. The fraction of sp³-hybridized carbons (Fsp3) is 0.214. The summed E-state index contributed by atoms with van der Waals surface area (Å²) >= 11 is 1.32. The number of carbonyl (C=O) groups is 1. The molecule has 0 aliphatic carbocycles. The second-order valence-corrected chi connectivity index (χ2v) is 9.92. The van der Waals surface area contributed by atoms with E-state index in [1.807, 2.05) is 98.9 Å². The van der Waals surface area contributed by atoms with Crippen molar-refractivity contribution in [3.8, 4) is 5.69 Å². The molecule has 3 aromatic carbocycles. The molecule has 36 heavy (non-hydrogen) atoms. The van der Waals surface area contributed by atoms with Crippen molar-refractivity contribution in [2.45, 2.75) is 32.5 Å². The van der Waals surface area contributed by atoms with Gasteiger partial charge in [-0.1, -0.05) is 66.4 Å². The molecule has 2 aromatic heterocycles. The summed E-state index contributed by atoms with van der Waals surface area (Å²) in [6.07, 6.45) is 0. The summed E-state index contributed by atoms with van der Waals surface area (Å²) in [6, 6.07) is 21.4. The molecule has 5 aromatic rings. The summed E-state index contributed by atoms with van der Waals surface area (Å²) in [5, 5.41) is 9.96. The van der Waals surface area contributed by atoms with Gasteiger partial charge in [-0.05, 0) is 55.2 Å². The molecule has 0 N–H and O–H groups in total. The maximum Gasteiger partial charge on any atom is 0.267 e. The van der Waals surface area contributed by atoms with Crippen LogP contribution in [0.25, 0.3) is 22.4 Å². The molecule has 0 saturated heterocycles. The van der Waals surface area contributed by atoms with Gasteiger partial charge in [0, 0.05) is 13.6 Å². The maximum absolute atomic E-state index is 13.6. The molecule has 7 nitrogen and oxygen atoms in total. The molecule has 1 amide bonds. The maximum atomic E-state index is 13.6. The van der Waals surface area contributed by atoms with Crippen LogP contribution in [0.2, 0.25) is 0 Å². The standard InChI is InChI=1S/C28H27N5O2S/c1-18-10-5-6-13-21(18)16-31(4)24(34)17-36-28-30-29-27-32(28)23-15-8-7-14-22(23)26(35)33(27)25-19(2)11-9-12-20(25)3/h5-15H,16-17H2,1-4H3. The van der Waals surface area contributed by atoms with E-state index in [-0.39, 0.29) is 17.2 Å². The summed E-state index contributed by atoms with van der Waals surface area (Å²) in [6.45, 7) is 6.55. The summed E-state index contributed by atoms with van der Waals surface area (Å²) < 4.78 is 3.51. The van der Waals surface area contributed by atoms with Crippen molar-refractivity contribution in [1.82, 2.24) is 24.1 Å². The van der Waals surface area contributed by atoms with Crippen LogP contribution in [0.4, 0.5) is 0 Å². The van der Waals surface area contributed by atoms with E-state index >= 15 is 0 Å². The molecule has 5 rings (SSSR count). The monoisotopic (exact) mass is 497 g/mol. The number of amides is 1. The molecule has 0 atom stereocenters. The number of fused-ring (bicyclic) bond motifs is 3. The van der Waals surface area contributed by atoms with Gasteiger partial charge in [0.25, 0.3) is 5.56 Å². The van der Waals surface area contributed by atoms with Gasteiger partial charge < -0.3 is 4.90 Å². The van der Waals surface area contributed by atoms with Gasteiger partial charge in [0.15, 0.2) is 5.16 Å². The van der Waals surface area contributed by atoms with Gasteiger partial charge in [-0.15, -0.1) is 10.2 Å². The summed E-state index contributed by atoms with van der Waals surface area (Å²) in [4.78, 5) is 28.3. The first-order valence-electron chi connectivity index (χ1n) is 11.7. The van der Waals surface area contributed by atoms with Gasteiger partial charge in [-0.2, -0.15) is 0 Å². The van der Waals surface area contributed by atoms with Gasteiger partial charge >= 0.3 is 0 Å². The van der Waals surface area contributed by atoms with Crippen molar-refractivity contribution >= 4 is 34.3 Å². The number of benzene rings is 3. The van der Waals surface area contributed by atoms with E-state index in [4.69, 9.17) is 0 Å². The molecule has 0 aliphatic rings. The van der Waals surface area contributed by atoms with Gasteiger partial charge in [0.1, 0.15) is 0 Å². The highest BCUT2D eigenvalue weighted by Gasteiger charge is 2.21. The Hall–Kier alpha value is -3.91. The average Bonchev–Trinajstić information content (AvgIpc) is 3.29. The van der Waals surface area contributed by atoms with Crippen LogP contribution in [0.15, 0.2) is 76.7 Å². The lowest BCUT2D eigenvalue weighted by Crippen LogP contribution is -2.28. The minimum atomic E-state index is -0.145. The topological polar surface area (TPSA) is 72.5 Å². The number of hydrogen-bond acceptors (Lipinski definition) is 5. The summed E-state index contributed by atoms with van der Waals surface area (Å²) in [7, 11) is 1.81. The molecule has 0 radical (unpaired) electrons. The molecule has 0 spiro atoms. The van der Waals surface area contributed by atoms with E-state index < -0.39 is 0 Å². The Morgan fingerprint density at radius 1 is 0.889 bits per heavy atom. The van der Waals surface area contributed by atoms with E-state index in [1.165, 1.54) is 11.8 Å². The van der Waals surface area contributed by atoms with Crippen LogP contribution in [0.5, 0.6) is 0 Å². The Bertz CT molecular complexity index is 1650. The van der Waals surface area contributed by atoms with E-state index in [0.29, 0.717) is 28.4 Å². The molecule has 0 unspecified atom stereocenters. The van der Waals surface area contributed by atoms with E-state index in [2.05, 4.69) is 10.2 Å². The van der Waals surface area contributed by atoms with Crippen LogP contribution in [0.3, 0.4) is 0 Å². The SMILES string of the molecule is Cc1ccccc1CN(C)C(=O)CSc1nnc2n(-c3c(C)cccc3C)c(=O)c3ccccc3n12. The van der Waals surface area contributed by atoms with Crippen LogP contribution in [0.1, 0.15) is 22.3 Å². The van der Waals surface area contributed by atoms with Gasteiger partial charge in [-0.3, -0.25) is 14.0 Å². The lowest BCUT2D eigenvalue weighted by atomic mass is 10.1.